The number of carbonyl (C=O) groups excluding carboxylic acids is 1. The maximum atomic E-state index is 13.7. The molecule has 0 saturated heterocycles. The minimum Gasteiger partial charge on any atom is -0.460 e. The van der Waals surface area contributed by atoms with E-state index in [1.165, 1.54) is 41.9 Å². The van der Waals surface area contributed by atoms with Crippen LogP contribution in [-0.2, 0) is 6.42 Å². The van der Waals surface area contributed by atoms with E-state index in [-0.39, 0.29) is 17.0 Å². The van der Waals surface area contributed by atoms with Crippen molar-refractivity contribution in [3.8, 4) is 0 Å². The largest absolute Gasteiger partial charge is 0.460 e. The first-order chi connectivity index (χ1) is 12.6. The number of hydrogen-bond acceptors (Lipinski definition) is 4. The fourth-order valence-electron chi connectivity index (χ4n) is 2.61. The molecule has 0 spiro atoms. The molecule has 2 heterocycles. The molecule has 1 N–H and O–H groups in total. The smallest absolute Gasteiger partial charge is 0.261 e. The predicted octanol–water partition coefficient (Wildman–Crippen LogP) is 5.01. The van der Waals surface area contributed by atoms with Crippen molar-refractivity contribution in [3.63, 3.8) is 0 Å². The molecule has 0 aliphatic heterocycles. The van der Waals surface area contributed by atoms with Crippen molar-refractivity contribution < 1.29 is 18.0 Å². The van der Waals surface area contributed by atoms with Crippen LogP contribution in [0.3, 0.4) is 0 Å². The first-order valence-corrected chi connectivity index (χ1v) is 8.58. The molecular weight excluding hydrogens is 358 g/mol. The van der Waals surface area contributed by atoms with Gasteiger partial charge >= 0.3 is 0 Å². The van der Waals surface area contributed by atoms with Crippen LogP contribution in [-0.4, -0.2) is 10.9 Å². The summed E-state index contributed by atoms with van der Waals surface area (Å²) in [6.07, 6.45) is 3.49. The van der Waals surface area contributed by atoms with Crippen molar-refractivity contribution >= 4 is 33.3 Å². The van der Waals surface area contributed by atoms with Crippen molar-refractivity contribution in [1.29, 1.82) is 0 Å². The second kappa shape index (κ2) is 6.68. The molecule has 2 aromatic carbocycles. The maximum absolute atomic E-state index is 13.7. The lowest BCUT2D eigenvalue weighted by Crippen LogP contribution is -2.10. The van der Waals surface area contributed by atoms with Crippen LogP contribution in [0.15, 0.2) is 59.3 Å². The van der Waals surface area contributed by atoms with E-state index >= 15 is 0 Å². The Balaban J connectivity index is 1.50. The second-order valence-electron chi connectivity index (χ2n) is 5.65. The molecule has 1 amide bonds. The summed E-state index contributed by atoms with van der Waals surface area (Å²) in [5.74, 6) is -1.22. The molecule has 4 nitrogen and oxygen atoms in total. The van der Waals surface area contributed by atoms with Crippen LogP contribution in [0.4, 0.5) is 13.9 Å². The summed E-state index contributed by atoms with van der Waals surface area (Å²) in [5.41, 5.74) is 1.24. The molecule has 130 valence electrons. The maximum Gasteiger partial charge on any atom is 0.261 e. The number of aromatic nitrogens is 1. The lowest BCUT2D eigenvalue weighted by Gasteiger charge is -2.00. The summed E-state index contributed by atoms with van der Waals surface area (Å²) in [4.78, 5) is 17.5. The molecule has 0 fully saturated rings. The molecule has 26 heavy (non-hydrogen) atoms. The van der Waals surface area contributed by atoms with E-state index in [0.717, 1.165) is 10.4 Å². The number of fused-ring (bicyclic) bond motifs is 1. The Labute approximate surface area is 151 Å². The molecule has 0 bridgehead atoms. The van der Waals surface area contributed by atoms with Crippen LogP contribution in [0.2, 0.25) is 0 Å². The van der Waals surface area contributed by atoms with Gasteiger partial charge in [-0.1, -0.05) is 24.3 Å². The first kappa shape index (κ1) is 16.4. The van der Waals surface area contributed by atoms with E-state index in [0.29, 0.717) is 16.9 Å². The van der Waals surface area contributed by atoms with E-state index < -0.39 is 11.7 Å². The van der Waals surface area contributed by atoms with Crippen molar-refractivity contribution in [3.05, 3.63) is 82.6 Å². The zero-order valence-electron chi connectivity index (χ0n) is 13.3. The minimum atomic E-state index is -0.516. The van der Waals surface area contributed by atoms with Gasteiger partial charge in [0.1, 0.15) is 12.1 Å². The lowest BCUT2D eigenvalue weighted by atomic mass is 10.1. The van der Waals surface area contributed by atoms with E-state index in [1.807, 2.05) is 0 Å². The topological polar surface area (TPSA) is 55.1 Å². The van der Waals surface area contributed by atoms with Crippen molar-refractivity contribution in [2.24, 2.45) is 0 Å². The molecular formula is C19H12F2N2O2S. The van der Waals surface area contributed by atoms with Gasteiger partial charge in [-0.25, -0.2) is 13.8 Å². The van der Waals surface area contributed by atoms with E-state index in [4.69, 9.17) is 4.42 Å². The third-order valence-corrected chi connectivity index (χ3v) is 4.77. The first-order valence-electron chi connectivity index (χ1n) is 7.76. The number of nitrogens with zero attached hydrogens (tertiary/aromatic N) is 1. The molecule has 0 saturated carbocycles. The molecule has 0 aliphatic rings. The average molecular weight is 370 g/mol. The minimum absolute atomic E-state index is 0.0498. The number of benzene rings is 2. The molecule has 7 heteroatoms. The van der Waals surface area contributed by atoms with Crippen LogP contribution in [0.1, 0.15) is 20.8 Å². The van der Waals surface area contributed by atoms with Gasteiger partial charge in [0.15, 0.2) is 16.5 Å². The molecule has 2 aromatic heterocycles. The number of furan rings is 1. The molecule has 4 aromatic rings. The molecule has 4 rings (SSSR count). The summed E-state index contributed by atoms with van der Waals surface area (Å²) in [7, 11) is 0. The Hall–Kier alpha value is -3.06. The van der Waals surface area contributed by atoms with Gasteiger partial charge in [-0.15, -0.1) is 11.3 Å². The third kappa shape index (κ3) is 3.21. The van der Waals surface area contributed by atoms with Crippen LogP contribution in [0.5, 0.6) is 0 Å². The van der Waals surface area contributed by atoms with Gasteiger partial charge < -0.3 is 4.42 Å². The molecule has 0 aliphatic carbocycles. The highest BCUT2D eigenvalue weighted by molar-refractivity contribution is 7.15. The Kier molecular flexibility index (Phi) is 4.22. The number of halogens is 2. The molecule has 0 atom stereocenters. The fourth-order valence-corrected chi connectivity index (χ4v) is 3.45. The number of para-hydroxylation sites is 1. The molecule has 0 radical (unpaired) electrons. The third-order valence-electron chi connectivity index (χ3n) is 3.86. The zero-order chi connectivity index (χ0) is 18.1. The van der Waals surface area contributed by atoms with Crippen LogP contribution in [0.25, 0.3) is 11.0 Å². The van der Waals surface area contributed by atoms with E-state index in [1.54, 1.807) is 24.4 Å². The van der Waals surface area contributed by atoms with Crippen molar-refractivity contribution in [2.75, 3.05) is 5.32 Å². The number of hydrogen-bond donors (Lipinski definition) is 1. The van der Waals surface area contributed by atoms with Gasteiger partial charge in [0, 0.05) is 22.9 Å². The average Bonchev–Trinajstić information content (AvgIpc) is 3.24. The fraction of sp³-hybridized carbons (Fsp3) is 0.0526. The highest BCUT2D eigenvalue weighted by Crippen LogP contribution is 2.26. The quantitative estimate of drug-likeness (QED) is 0.549. The predicted molar refractivity (Wildman–Crippen MR) is 95.4 cm³/mol. The van der Waals surface area contributed by atoms with Gasteiger partial charge in [0.2, 0.25) is 0 Å². The number of anilines is 1. The monoisotopic (exact) mass is 370 g/mol. The second-order valence-corrected chi connectivity index (χ2v) is 6.77. The lowest BCUT2D eigenvalue weighted by molar-refractivity contribution is 0.102. The van der Waals surface area contributed by atoms with Gasteiger partial charge in [0.25, 0.3) is 5.91 Å². The Bertz CT molecular complexity index is 1090. The highest BCUT2D eigenvalue weighted by atomic mass is 32.1. The Morgan fingerprint density at radius 3 is 2.77 bits per heavy atom. The van der Waals surface area contributed by atoms with Crippen molar-refractivity contribution in [2.45, 2.75) is 6.42 Å². The Morgan fingerprint density at radius 1 is 1.15 bits per heavy atom. The van der Waals surface area contributed by atoms with Crippen molar-refractivity contribution in [1.82, 2.24) is 4.98 Å². The number of amides is 1. The summed E-state index contributed by atoms with van der Waals surface area (Å²) in [6, 6.07) is 10.6. The summed E-state index contributed by atoms with van der Waals surface area (Å²) >= 11 is 1.32. The number of carbonyl (C=O) groups is 1. The van der Waals surface area contributed by atoms with Gasteiger partial charge in [0.05, 0.1) is 5.56 Å². The zero-order valence-corrected chi connectivity index (χ0v) is 14.1. The number of nitrogens with one attached hydrogen (secondary N) is 1. The van der Waals surface area contributed by atoms with Crippen LogP contribution in [0, 0.1) is 11.6 Å². The normalized spacial score (nSPS) is 11.0. The summed E-state index contributed by atoms with van der Waals surface area (Å²) in [6.45, 7) is 0. The summed E-state index contributed by atoms with van der Waals surface area (Å²) in [5, 5.41) is 3.53. The standard InChI is InChI=1S/C19H12F2N2O2S/c20-12-6-4-11(5-7-12)8-13-9-22-19(26-13)23-18(24)15-10-25-17-14(15)2-1-3-16(17)21/h1-7,9-10H,8H2,(H,22,23,24). The van der Waals surface area contributed by atoms with E-state index in [9.17, 15) is 13.6 Å². The highest BCUT2D eigenvalue weighted by Gasteiger charge is 2.17. The van der Waals surface area contributed by atoms with Crippen LogP contribution < -0.4 is 5.32 Å². The van der Waals surface area contributed by atoms with Crippen LogP contribution >= 0.6 is 11.3 Å². The number of rotatable bonds is 4. The molecule has 0 unspecified atom stereocenters. The number of thiazole rings is 1. The van der Waals surface area contributed by atoms with Gasteiger partial charge in [-0.05, 0) is 23.8 Å². The van der Waals surface area contributed by atoms with E-state index in [2.05, 4.69) is 10.3 Å². The Morgan fingerprint density at radius 2 is 1.96 bits per heavy atom. The van der Waals surface area contributed by atoms with Gasteiger partial charge in [-0.2, -0.15) is 0 Å². The summed E-state index contributed by atoms with van der Waals surface area (Å²) < 4.78 is 31.8. The van der Waals surface area contributed by atoms with Gasteiger partial charge in [-0.3, -0.25) is 10.1 Å². The SMILES string of the molecule is O=C(Nc1ncc(Cc2ccc(F)cc2)s1)c1coc2c(F)cccc12.